The summed E-state index contributed by atoms with van der Waals surface area (Å²) >= 11 is 1.42. The lowest BCUT2D eigenvalue weighted by atomic mass is 10.2. The van der Waals surface area contributed by atoms with Gasteiger partial charge in [-0.25, -0.2) is 12.8 Å². The molecule has 5 nitrogen and oxygen atoms in total. The number of hydrogen-bond acceptors (Lipinski definition) is 4. The van der Waals surface area contributed by atoms with Crippen molar-refractivity contribution in [3.8, 4) is 0 Å². The number of rotatable bonds is 7. The highest BCUT2D eigenvalue weighted by molar-refractivity contribution is 7.98. The first kappa shape index (κ1) is 16.9. The second-order valence-electron chi connectivity index (χ2n) is 4.20. The van der Waals surface area contributed by atoms with Crippen LogP contribution in [0.3, 0.4) is 0 Å². The summed E-state index contributed by atoms with van der Waals surface area (Å²) in [5.41, 5.74) is 0.355. The molecule has 1 rings (SSSR count). The average molecular weight is 321 g/mol. The first-order valence-corrected chi connectivity index (χ1v) is 8.66. The third kappa shape index (κ3) is 4.46. The van der Waals surface area contributed by atoms with Gasteiger partial charge in [0, 0.05) is 0 Å². The van der Waals surface area contributed by atoms with Crippen LogP contribution in [0.1, 0.15) is 12.0 Å². The van der Waals surface area contributed by atoms with E-state index in [1.165, 1.54) is 24.8 Å². The van der Waals surface area contributed by atoms with Crippen LogP contribution < -0.4 is 4.72 Å². The molecule has 1 aromatic rings. The van der Waals surface area contributed by atoms with E-state index < -0.39 is 27.9 Å². The Balaban J connectivity index is 3.03. The van der Waals surface area contributed by atoms with Crippen molar-refractivity contribution in [2.24, 2.45) is 0 Å². The minimum atomic E-state index is -4.07. The first-order valence-electron chi connectivity index (χ1n) is 5.78. The Morgan fingerprint density at radius 3 is 2.70 bits per heavy atom. The lowest BCUT2D eigenvalue weighted by Crippen LogP contribution is -2.41. The van der Waals surface area contributed by atoms with Gasteiger partial charge in [0.15, 0.2) is 0 Å². The van der Waals surface area contributed by atoms with Gasteiger partial charge in [-0.15, -0.1) is 0 Å². The van der Waals surface area contributed by atoms with Crippen LogP contribution in [0, 0.1) is 12.7 Å². The summed E-state index contributed by atoms with van der Waals surface area (Å²) in [6, 6.07) is 2.14. The van der Waals surface area contributed by atoms with Crippen LogP contribution in [0.15, 0.2) is 23.1 Å². The van der Waals surface area contributed by atoms with E-state index in [0.29, 0.717) is 11.3 Å². The number of benzene rings is 1. The summed E-state index contributed by atoms with van der Waals surface area (Å²) in [7, 11) is -4.07. The van der Waals surface area contributed by atoms with Gasteiger partial charge in [0.25, 0.3) is 0 Å². The van der Waals surface area contributed by atoms with E-state index in [-0.39, 0.29) is 11.3 Å². The standard InChI is InChI=1S/C12H16FNO4S2/c1-8-3-4-9(13)7-11(8)20(17,18)14-10(12(15)16)5-6-19-2/h3-4,7,10,14H,5-6H2,1-2H3,(H,15,16). The van der Waals surface area contributed by atoms with Crippen molar-refractivity contribution in [3.63, 3.8) is 0 Å². The minimum Gasteiger partial charge on any atom is -0.480 e. The molecule has 0 fully saturated rings. The summed E-state index contributed by atoms with van der Waals surface area (Å²) in [6.07, 6.45) is 1.95. The zero-order valence-corrected chi connectivity index (χ0v) is 12.7. The summed E-state index contributed by atoms with van der Waals surface area (Å²) in [6.45, 7) is 1.52. The molecular formula is C12H16FNO4S2. The Kier molecular flexibility index (Phi) is 5.97. The predicted octanol–water partition coefficient (Wildman–Crippen LogP) is 1.62. The fourth-order valence-corrected chi connectivity index (χ4v) is 3.53. The van der Waals surface area contributed by atoms with Crippen molar-refractivity contribution in [1.82, 2.24) is 4.72 Å². The van der Waals surface area contributed by atoms with Gasteiger partial charge in [-0.05, 0) is 43.0 Å². The fraction of sp³-hybridized carbons (Fsp3) is 0.417. The lowest BCUT2D eigenvalue weighted by Gasteiger charge is -2.15. The molecule has 1 aromatic carbocycles. The highest BCUT2D eigenvalue weighted by Crippen LogP contribution is 2.17. The van der Waals surface area contributed by atoms with E-state index >= 15 is 0 Å². The van der Waals surface area contributed by atoms with Crippen LogP contribution in [-0.4, -0.2) is 37.5 Å². The number of hydrogen-bond donors (Lipinski definition) is 2. The van der Waals surface area contributed by atoms with Crippen LogP contribution in [0.5, 0.6) is 0 Å². The van der Waals surface area contributed by atoms with E-state index in [9.17, 15) is 17.6 Å². The zero-order chi connectivity index (χ0) is 15.3. The van der Waals surface area contributed by atoms with Gasteiger partial charge in [-0.3, -0.25) is 4.79 Å². The zero-order valence-electron chi connectivity index (χ0n) is 11.1. The number of aryl methyl sites for hydroxylation is 1. The SMILES string of the molecule is CSCCC(NS(=O)(=O)c1cc(F)ccc1C)C(=O)O. The maximum atomic E-state index is 13.2. The summed E-state index contributed by atoms with van der Waals surface area (Å²) < 4.78 is 39.5. The summed E-state index contributed by atoms with van der Waals surface area (Å²) in [4.78, 5) is 10.8. The Morgan fingerprint density at radius 1 is 1.50 bits per heavy atom. The summed E-state index contributed by atoms with van der Waals surface area (Å²) in [5.74, 6) is -1.44. The molecule has 0 bridgehead atoms. The number of thioether (sulfide) groups is 1. The van der Waals surface area contributed by atoms with Gasteiger partial charge in [0.05, 0.1) is 4.90 Å². The molecule has 0 aliphatic rings. The molecule has 2 N–H and O–H groups in total. The van der Waals surface area contributed by atoms with Gasteiger partial charge in [0.2, 0.25) is 10.0 Å². The molecular weight excluding hydrogens is 305 g/mol. The average Bonchev–Trinajstić information content (AvgIpc) is 2.36. The first-order chi connectivity index (χ1) is 9.27. The number of carbonyl (C=O) groups is 1. The van der Waals surface area contributed by atoms with Crippen LogP contribution in [0.2, 0.25) is 0 Å². The van der Waals surface area contributed by atoms with Gasteiger partial charge >= 0.3 is 5.97 Å². The molecule has 112 valence electrons. The smallest absolute Gasteiger partial charge is 0.321 e. The molecule has 1 unspecified atom stereocenters. The van der Waals surface area contributed by atoms with Crippen LogP contribution in [-0.2, 0) is 14.8 Å². The molecule has 0 heterocycles. The number of carboxylic acid groups (broad SMARTS) is 1. The van der Waals surface area contributed by atoms with E-state index in [1.54, 1.807) is 6.26 Å². The Hall–Kier alpha value is -1.12. The largest absolute Gasteiger partial charge is 0.480 e. The van der Waals surface area contributed by atoms with Gasteiger partial charge in [0.1, 0.15) is 11.9 Å². The Morgan fingerprint density at radius 2 is 2.15 bits per heavy atom. The molecule has 0 aromatic heterocycles. The van der Waals surface area contributed by atoms with Gasteiger partial charge in [-0.2, -0.15) is 16.5 Å². The van der Waals surface area contributed by atoms with Crippen LogP contribution in [0.25, 0.3) is 0 Å². The van der Waals surface area contributed by atoms with Crippen molar-refractivity contribution in [2.75, 3.05) is 12.0 Å². The fourth-order valence-electron chi connectivity index (χ4n) is 1.58. The molecule has 0 amide bonds. The van der Waals surface area contributed by atoms with E-state index in [0.717, 1.165) is 12.1 Å². The predicted molar refractivity (Wildman–Crippen MR) is 75.9 cm³/mol. The van der Waals surface area contributed by atoms with E-state index in [1.807, 2.05) is 0 Å². The quantitative estimate of drug-likeness (QED) is 0.797. The molecule has 0 radical (unpaired) electrons. The van der Waals surface area contributed by atoms with Crippen molar-refractivity contribution >= 4 is 27.8 Å². The molecule has 0 aliphatic heterocycles. The highest BCUT2D eigenvalue weighted by atomic mass is 32.2. The highest BCUT2D eigenvalue weighted by Gasteiger charge is 2.26. The second kappa shape index (κ2) is 7.05. The van der Waals surface area contributed by atoms with Crippen molar-refractivity contribution in [2.45, 2.75) is 24.3 Å². The lowest BCUT2D eigenvalue weighted by molar-refractivity contribution is -0.139. The van der Waals surface area contributed by atoms with Crippen molar-refractivity contribution in [3.05, 3.63) is 29.6 Å². The minimum absolute atomic E-state index is 0.157. The summed E-state index contributed by atoms with van der Waals surface area (Å²) in [5, 5.41) is 9.02. The normalized spacial score (nSPS) is 13.2. The maximum absolute atomic E-state index is 13.2. The monoisotopic (exact) mass is 321 g/mol. The molecule has 0 aliphatic carbocycles. The van der Waals surface area contributed by atoms with Crippen molar-refractivity contribution < 1.29 is 22.7 Å². The maximum Gasteiger partial charge on any atom is 0.321 e. The third-order valence-electron chi connectivity index (χ3n) is 2.65. The second-order valence-corrected chi connectivity index (χ2v) is 6.87. The van der Waals surface area contributed by atoms with Crippen molar-refractivity contribution in [1.29, 1.82) is 0 Å². The van der Waals surface area contributed by atoms with E-state index in [4.69, 9.17) is 5.11 Å². The number of carboxylic acids is 1. The molecule has 20 heavy (non-hydrogen) atoms. The Bertz CT molecular complexity index is 589. The molecule has 0 saturated heterocycles. The third-order valence-corrected chi connectivity index (χ3v) is 4.90. The van der Waals surface area contributed by atoms with Gasteiger partial charge < -0.3 is 5.11 Å². The number of sulfonamides is 1. The molecule has 8 heteroatoms. The molecule has 0 saturated carbocycles. The Labute approximate surface area is 121 Å². The van der Waals surface area contributed by atoms with Gasteiger partial charge in [-0.1, -0.05) is 6.07 Å². The van der Waals surface area contributed by atoms with Crippen LogP contribution in [0.4, 0.5) is 4.39 Å². The number of halogens is 1. The number of aliphatic carboxylic acids is 1. The van der Waals surface area contributed by atoms with Crippen LogP contribution >= 0.6 is 11.8 Å². The molecule has 0 spiro atoms. The van der Waals surface area contributed by atoms with E-state index in [2.05, 4.69) is 4.72 Å². The number of nitrogens with one attached hydrogen (secondary N) is 1. The molecule has 1 atom stereocenters. The topological polar surface area (TPSA) is 83.5 Å².